The first-order valence-electron chi connectivity index (χ1n) is 7.78. The summed E-state index contributed by atoms with van der Waals surface area (Å²) >= 11 is 5.88. The molecular weight excluding hydrogens is 302 g/mol. The molecule has 0 bridgehead atoms. The van der Waals surface area contributed by atoms with E-state index in [2.05, 4.69) is 0 Å². The van der Waals surface area contributed by atoms with Crippen LogP contribution in [0.3, 0.4) is 0 Å². The molecule has 1 N–H and O–H groups in total. The minimum atomic E-state index is -1.13. The summed E-state index contributed by atoms with van der Waals surface area (Å²) < 4.78 is 0. The molecule has 1 amide bonds. The molecule has 2 aliphatic rings. The summed E-state index contributed by atoms with van der Waals surface area (Å²) in [7, 11) is 0. The van der Waals surface area contributed by atoms with Gasteiger partial charge in [-0.15, -0.1) is 0 Å². The standard InChI is InChI=1S/C17H20ClNO3/c18-14-5-3-12(4-6-14)7-10-19(11-13-1-2-13)15(20)17(8-9-17)16(21)22/h3-6,13H,1-2,7-11H2,(H,21,22). The number of carboxylic acids is 1. The Labute approximate surface area is 135 Å². The molecule has 5 heteroatoms. The highest BCUT2D eigenvalue weighted by atomic mass is 35.5. The number of rotatable bonds is 7. The van der Waals surface area contributed by atoms with E-state index in [-0.39, 0.29) is 5.91 Å². The highest BCUT2D eigenvalue weighted by Crippen LogP contribution is 2.48. The summed E-state index contributed by atoms with van der Waals surface area (Å²) in [6.07, 6.45) is 3.97. The second-order valence-corrected chi connectivity index (χ2v) is 6.89. The van der Waals surface area contributed by atoms with E-state index < -0.39 is 11.4 Å². The molecule has 0 heterocycles. The van der Waals surface area contributed by atoms with Gasteiger partial charge in [0, 0.05) is 18.1 Å². The van der Waals surface area contributed by atoms with Gasteiger partial charge in [0.05, 0.1) is 0 Å². The lowest BCUT2D eigenvalue weighted by atomic mass is 10.0. The van der Waals surface area contributed by atoms with Gasteiger partial charge < -0.3 is 10.0 Å². The Morgan fingerprint density at radius 3 is 2.36 bits per heavy atom. The van der Waals surface area contributed by atoms with E-state index in [1.807, 2.05) is 24.3 Å². The number of hydrogen-bond acceptors (Lipinski definition) is 2. The Morgan fingerprint density at radius 1 is 1.23 bits per heavy atom. The van der Waals surface area contributed by atoms with Crippen LogP contribution in [0.1, 0.15) is 31.2 Å². The maximum Gasteiger partial charge on any atom is 0.319 e. The van der Waals surface area contributed by atoms with Crippen LogP contribution in [-0.2, 0) is 16.0 Å². The molecule has 1 aromatic rings. The van der Waals surface area contributed by atoms with Crippen LogP contribution in [0.25, 0.3) is 0 Å². The van der Waals surface area contributed by atoms with Gasteiger partial charge in [-0.1, -0.05) is 23.7 Å². The van der Waals surface area contributed by atoms with Crippen molar-refractivity contribution in [1.82, 2.24) is 4.90 Å². The normalized spacial score (nSPS) is 18.8. The highest BCUT2D eigenvalue weighted by Gasteiger charge is 2.58. The second kappa shape index (κ2) is 5.92. The van der Waals surface area contributed by atoms with Crippen molar-refractivity contribution in [3.05, 3.63) is 34.9 Å². The maximum atomic E-state index is 12.6. The van der Waals surface area contributed by atoms with Gasteiger partial charge in [-0.3, -0.25) is 9.59 Å². The molecule has 0 aromatic heterocycles. The highest BCUT2D eigenvalue weighted by molar-refractivity contribution is 6.30. The molecule has 1 aromatic carbocycles. The molecule has 0 atom stereocenters. The molecule has 0 unspecified atom stereocenters. The fourth-order valence-corrected chi connectivity index (χ4v) is 2.88. The van der Waals surface area contributed by atoms with Crippen molar-refractivity contribution in [2.24, 2.45) is 11.3 Å². The van der Waals surface area contributed by atoms with Gasteiger partial charge in [-0.2, -0.15) is 0 Å². The summed E-state index contributed by atoms with van der Waals surface area (Å²) in [5, 5.41) is 10.0. The van der Waals surface area contributed by atoms with E-state index in [1.54, 1.807) is 4.90 Å². The largest absolute Gasteiger partial charge is 0.480 e. The van der Waals surface area contributed by atoms with E-state index in [1.165, 1.54) is 0 Å². The molecule has 0 radical (unpaired) electrons. The maximum absolute atomic E-state index is 12.6. The number of hydrogen-bond donors (Lipinski definition) is 1. The Kier molecular flexibility index (Phi) is 4.13. The van der Waals surface area contributed by atoms with Crippen LogP contribution in [-0.4, -0.2) is 35.0 Å². The number of amides is 1. The quantitative estimate of drug-likeness (QED) is 0.785. The molecule has 4 nitrogen and oxygen atoms in total. The first kappa shape index (κ1) is 15.3. The first-order chi connectivity index (χ1) is 10.5. The molecule has 0 saturated heterocycles. The van der Waals surface area contributed by atoms with Crippen LogP contribution >= 0.6 is 11.6 Å². The van der Waals surface area contributed by atoms with E-state index in [9.17, 15) is 14.7 Å². The minimum Gasteiger partial charge on any atom is -0.480 e. The lowest BCUT2D eigenvalue weighted by Gasteiger charge is -2.26. The zero-order valence-electron chi connectivity index (χ0n) is 12.4. The monoisotopic (exact) mass is 321 g/mol. The van der Waals surface area contributed by atoms with Crippen molar-refractivity contribution in [1.29, 1.82) is 0 Å². The number of carbonyl (C=O) groups is 2. The van der Waals surface area contributed by atoms with Gasteiger partial charge in [-0.25, -0.2) is 0 Å². The van der Waals surface area contributed by atoms with E-state index >= 15 is 0 Å². The predicted molar refractivity (Wildman–Crippen MR) is 83.8 cm³/mol. The first-order valence-corrected chi connectivity index (χ1v) is 8.16. The fraction of sp³-hybridized carbons (Fsp3) is 0.529. The molecule has 2 fully saturated rings. The van der Waals surface area contributed by atoms with Crippen molar-refractivity contribution in [3.8, 4) is 0 Å². The number of carbonyl (C=O) groups excluding carboxylic acids is 1. The zero-order chi connectivity index (χ0) is 15.7. The third kappa shape index (κ3) is 3.27. The van der Waals surface area contributed by atoms with E-state index in [0.717, 1.165) is 24.8 Å². The van der Waals surface area contributed by atoms with Crippen LogP contribution in [0.2, 0.25) is 5.02 Å². The predicted octanol–water partition coefficient (Wildman–Crippen LogP) is 2.99. The molecule has 0 spiro atoms. The summed E-state index contributed by atoms with van der Waals surface area (Å²) in [6, 6.07) is 7.57. The van der Waals surface area contributed by atoms with Crippen molar-refractivity contribution in [2.75, 3.05) is 13.1 Å². The Bertz CT molecular complexity index is 576. The average Bonchev–Trinajstić information content (AvgIpc) is 3.38. The van der Waals surface area contributed by atoms with Crippen LogP contribution in [0.15, 0.2) is 24.3 Å². The minimum absolute atomic E-state index is 0.194. The molecule has 22 heavy (non-hydrogen) atoms. The topological polar surface area (TPSA) is 57.6 Å². The number of halogens is 1. The summed E-state index contributed by atoms with van der Waals surface area (Å²) in [5.74, 6) is -0.607. The van der Waals surface area contributed by atoms with Crippen LogP contribution < -0.4 is 0 Å². The molecule has 0 aliphatic heterocycles. The Morgan fingerprint density at radius 2 is 1.86 bits per heavy atom. The molecule has 2 saturated carbocycles. The van der Waals surface area contributed by atoms with Gasteiger partial charge in [-0.05, 0) is 55.7 Å². The van der Waals surface area contributed by atoms with Gasteiger partial charge >= 0.3 is 5.97 Å². The third-order valence-electron chi connectivity index (χ3n) is 4.62. The van der Waals surface area contributed by atoms with Gasteiger partial charge in [0.2, 0.25) is 5.91 Å². The lowest BCUT2D eigenvalue weighted by molar-refractivity contribution is -0.153. The number of benzene rings is 1. The number of nitrogens with zero attached hydrogens (tertiary/aromatic N) is 1. The Hall–Kier alpha value is -1.55. The number of carboxylic acid groups (broad SMARTS) is 1. The third-order valence-corrected chi connectivity index (χ3v) is 4.87. The van der Waals surface area contributed by atoms with E-state index in [4.69, 9.17) is 11.6 Å². The summed E-state index contributed by atoms with van der Waals surface area (Å²) in [6.45, 7) is 1.27. The van der Waals surface area contributed by atoms with Crippen molar-refractivity contribution >= 4 is 23.5 Å². The SMILES string of the molecule is O=C(O)C1(C(=O)N(CCc2ccc(Cl)cc2)CC2CC2)CC1. The van der Waals surface area contributed by atoms with E-state index in [0.29, 0.717) is 36.9 Å². The number of aliphatic carboxylic acids is 1. The average molecular weight is 322 g/mol. The lowest BCUT2D eigenvalue weighted by Crippen LogP contribution is -2.43. The molecule has 118 valence electrons. The van der Waals surface area contributed by atoms with Crippen LogP contribution in [0, 0.1) is 11.3 Å². The van der Waals surface area contributed by atoms with Crippen LogP contribution in [0.4, 0.5) is 0 Å². The zero-order valence-corrected chi connectivity index (χ0v) is 13.2. The van der Waals surface area contributed by atoms with Crippen molar-refractivity contribution in [2.45, 2.75) is 32.1 Å². The van der Waals surface area contributed by atoms with Crippen LogP contribution in [0.5, 0.6) is 0 Å². The molecule has 3 rings (SSSR count). The van der Waals surface area contributed by atoms with Crippen molar-refractivity contribution < 1.29 is 14.7 Å². The fourth-order valence-electron chi connectivity index (χ4n) is 2.75. The van der Waals surface area contributed by atoms with Crippen molar-refractivity contribution in [3.63, 3.8) is 0 Å². The smallest absolute Gasteiger partial charge is 0.319 e. The molecule has 2 aliphatic carbocycles. The summed E-state index contributed by atoms with van der Waals surface area (Å²) in [4.78, 5) is 25.8. The summed E-state index contributed by atoms with van der Waals surface area (Å²) in [5.41, 5.74) is -0.0207. The van der Waals surface area contributed by atoms with Gasteiger partial charge in [0.15, 0.2) is 0 Å². The molecular formula is C17H20ClNO3. The van der Waals surface area contributed by atoms with Gasteiger partial charge in [0.1, 0.15) is 5.41 Å². The Balaban J connectivity index is 1.65. The second-order valence-electron chi connectivity index (χ2n) is 6.46. The van der Waals surface area contributed by atoms with Gasteiger partial charge in [0.25, 0.3) is 0 Å².